The van der Waals surface area contributed by atoms with E-state index in [0.29, 0.717) is 6.04 Å². The molecular weight excluding hydrogens is 114 g/mol. The van der Waals surface area contributed by atoms with Gasteiger partial charge < -0.3 is 0 Å². The van der Waals surface area contributed by atoms with E-state index in [-0.39, 0.29) is 0 Å². The molecular formula is C6H15N3. The van der Waals surface area contributed by atoms with Gasteiger partial charge in [-0.1, -0.05) is 6.92 Å². The van der Waals surface area contributed by atoms with Crippen molar-refractivity contribution in [3.05, 3.63) is 0 Å². The minimum atomic E-state index is 0.424. The lowest BCUT2D eigenvalue weighted by Gasteiger charge is -2.22. The van der Waals surface area contributed by atoms with Crippen LogP contribution in [0.3, 0.4) is 0 Å². The zero-order valence-corrected chi connectivity index (χ0v) is 6.39. The number of hydrazine groups is 1. The van der Waals surface area contributed by atoms with Crippen LogP contribution in [0.2, 0.25) is 0 Å². The average Bonchev–Trinajstić information content (AvgIpc) is 1.90. The Morgan fingerprint density at radius 2 is 2.33 bits per heavy atom. The van der Waals surface area contributed by atoms with Crippen molar-refractivity contribution in [1.82, 2.24) is 10.5 Å². The number of hydrogen-bond acceptors (Lipinski definition) is 3. The van der Waals surface area contributed by atoms with Gasteiger partial charge in [0.1, 0.15) is 0 Å². The van der Waals surface area contributed by atoms with Crippen molar-refractivity contribution in [1.29, 1.82) is 0 Å². The van der Waals surface area contributed by atoms with Crippen LogP contribution in [0, 0.1) is 0 Å². The maximum Gasteiger partial charge on any atom is 0.0611 e. The fourth-order valence-electron chi connectivity index (χ4n) is 0.603. The lowest BCUT2D eigenvalue weighted by molar-refractivity contribution is 0.155. The van der Waals surface area contributed by atoms with Crippen LogP contribution in [0.5, 0.6) is 0 Å². The Labute approximate surface area is 56.7 Å². The number of nitrogens with zero attached hydrogens (tertiary/aromatic N) is 2. The standard InChI is InChI=1S/C6H15N3/c1-5-6(2)9(7-3)8-4/h6,8H,3,5H2,1-2,4H3/t6-/m0/s1. The first-order valence-electron chi connectivity index (χ1n) is 3.19. The Morgan fingerprint density at radius 1 is 1.78 bits per heavy atom. The first-order valence-corrected chi connectivity index (χ1v) is 3.19. The topological polar surface area (TPSA) is 27.6 Å². The maximum absolute atomic E-state index is 3.75. The summed E-state index contributed by atoms with van der Waals surface area (Å²) in [6, 6.07) is 0.424. The highest BCUT2D eigenvalue weighted by Crippen LogP contribution is 1.97. The SMILES string of the molecule is C=NN(NC)[C@@H](C)CC. The van der Waals surface area contributed by atoms with E-state index in [2.05, 4.69) is 31.1 Å². The van der Waals surface area contributed by atoms with Gasteiger partial charge in [0.2, 0.25) is 0 Å². The molecule has 0 aromatic heterocycles. The van der Waals surface area contributed by atoms with Gasteiger partial charge >= 0.3 is 0 Å². The summed E-state index contributed by atoms with van der Waals surface area (Å²) >= 11 is 0. The van der Waals surface area contributed by atoms with Gasteiger partial charge in [0, 0.05) is 13.8 Å². The molecule has 0 unspecified atom stereocenters. The van der Waals surface area contributed by atoms with Crippen molar-refractivity contribution < 1.29 is 0 Å². The van der Waals surface area contributed by atoms with Crippen LogP contribution in [0.15, 0.2) is 5.10 Å². The second-order valence-corrected chi connectivity index (χ2v) is 1.97. The third-order valence-corrected chi connectivity index (χ3v) is 1.39. The van der Waals surface area contributed by atoms with Crippen molar-refractivity contribution in [2.75, 3.05) is 7.05 Å². The van der Waals surface area contributed by atoms with Crippen LogP contribution in [0.25, 0.3) is 0 Å². The zero-order chi connectivity index (χ0) is 7.28. The van der Waals surface area contributed by atoms with Gasteiger partial charge in [0.05, 0.1) is 6.04 Å². The molecule has 0 bridgehead atoms. The first kappa shape index (κ1) is 8.43. The van der Waals surface area contributed by atoms with Crippen molar-refractivity contribution in [3.63, 3.8) is 0 Å². The van der Waals surface area contributed by atoms with Gasteiger partial charge in [0.15, 0.2) is 0 Å². The van der Waals surface area contributed by atoms with Gasteiger partial charge in [-0.15, -0.1) is 0 Å². The summed E-state index contributed by atoms with van der Waals surface area (Å²) < 4.78 is 0. The molecule has 0 spiro atoms. The van der Waals surface area contributed by atoms with Gasteiger partial charge in [-0.2, -0.15) is 5.10 Å². The lowest BCUT2D eigenvalue weighted by Crippen LogP contribution is -2.36. The quantitative estimate of drug-likeness (QED) is 0.450. The summed E-state index contributed by atoms with van der Waals surface area (Å²) in [5.41, 5.74) is 2.91. The van der Waals surface area contributed by atoms with Gasteiger partial charge in [-0.05, 0) is 13.3 Å². The van der Waals surface area contributed by atoms with Crippen LogP contribution < -0.4 is 5.43 Å². The summed E-state index contributed by atoms with van der Waals surface area (Å²) in [4.78, 5) is 0. The van der Waals surface area contributed by atoms with E-state index in [0.717, 1.165) is 6.42 Å². The van der Waals surface area contributed by atoms with Gasteiger partial charge in [-0.3, -0.25) is 0 Å². The number of rotatable bonds is 4. The van der Waals surface area contributed by atoms with Crippen molar-refractivity contribution in [2.45, 2.75) is 26.3 Å². The minimum Gasteiger partial charge on any atom is -0.228 e. The molecule has 0 fully saturated rings. The average molecular weight is 129 g/mol. The second-order valence-electron chi connectivity index (χ2n) is 1.97. The highest BCUT2D eigenvalue weighted by molar-refractivity contribution is 5.22. The van der Waals surface area contributed by atoms with E-state index in [1.807, 2.05) is 7.05 Å². The summed E-state index contributed by atoms with van der Waals surface area (Å²) in [7, 11) is 1.83. The van der Waals surface area contributed by atoms with E-state index >= 15 is 0 Å². The Kier molecular flexibility index (Phi) is 4.05. The molecule has 1 atom stereocenters. The molecule has 0 radical (unpaired) electrons. The molecule has 0 heterocycles. The molecule has 0 saturated carbocycles. The van der Waals surface area contributed by atoms with Crippen LogP contribution in [0.1, 0.15) is 20.3 Å². The molecule has 0 aromatic carbocycles. The smallest absolute Gasteiger partial charge is 0.0611 e. The van der Waals surface area contributed by atoms with Crippen LogP contribution >= 0.6 is 0 Å². The highest BCUT2D eigenvalue weighted by atomic mass is 15.7. The van der Waals surface area contributed by atoms with E-state index in [9.17, 15) is 0 Å². The summed E-state index contributed by atoms with van der Waals surface area (Å²) in [5.74, 6) is 0. The summed E-state index contributed by atoms with van der Waals surface area (Å²) in [6.07, 6.45) is 1.07. The van der Waals surface area contributed by atoms with Crippen molar-refractivity contribution in [3.8, 4) is 0 Å². The van der Waals surface area contributed by atoms with Crippen molar-refractivity contribution >= 4 is 6.72 Å². The number of nitrogens with one attached hydrogen (secondary N) is 1. The Hall–Kier alpha value is -0.570. The predicted molar refractivity (Wildman–Crippen MR) is 40.2 cm³/mol. The minimum absolute atomic E-state index is 0.424. The fraction of sp³-hybridized carbons (Fsp3) is 0.833. The molecule has 3 nitrogen and oxygen atoms in total. The van der Waals surface area contributed by atoms with Crippen LogP contribution in [0.4, 0.5) is 0 Å². The molecule has 0 amide bonds. The highest BCUT2D eigenvalue weighted by Gasteiger charge is 2.03. The zero-order valence-electron chi connectivity index (χ0n) is 6.39. The Morgan fingerprint density at radius 3 is 2.44 bits per heavy atom. The van der Waals surface area contributed by atoms with Crippen LogP contribution in [-0.4, -0.2) is 24.9 Å². The normalized spacial score (nSPS) is 12.8. The molecule has 0 aliphatic carbocycles. The van der Waals surface area contributed by atoms with Crippen molar-refractivity contribution in [2.24, 2.45) is 5.10 Å². The third kappa shape index (κ3) is 2.46. The molecule has 0 aromatic rings. The molecule has 0 aliphatic heterocycles. The van der Waals surface area contributed by atoms with E-state index in [1.54, 1.807) is 5.12 Å². The second kappa shape index (κ2) is 4.32. The van der Waals surface area contributed by atoms with E-state index < -0.39 is 0 Å². The predicted octanol–water partition coefficient (Wildman–Crippen LogP) is 0.837. The first-order chi connectivity index (χ1) is 4.26. The summed E-state index contributed by atoms with van der Waals surface area (Å²) in [6.45, 7) is 7.61. The van der Waals surface area contributed by atoms with E-state index in [4.69, 9.17) is 0 Å². The van der Waals surface area contributed by atoms with Gasteiger partial charge in [-0.25, -0.2) is 10.5 Å². The Balaban J connectivity index is 3.63. The van der Waals surface area contributed by atoms with E-state index in [1.165, 1.54) is 0 Å². The van der Waals surface area contributed by atoms with Gasteiger partial charge in [0.25, 0.3) is 0 Å². The molecule has 54 valence electrons. The Bertz CT molecular complexity index is 82.4. The fourth-order valence-corrected chi connectivity index (χ4v) is 0.603. The molecule has 0 rings (SSSR count). The monoisotopic (exact) mass is 129 g/mol. The van der Waals surface area contributed by atoms with Crippen LogP contribution in [-0.2, 0) is 0 Å². The lowest BCUT2D eigenvalue weighted by atomic mass is 10.3. The molecule has 0 aliphatic rings. The molecule has 3 heteroatoms. The number of hydrogen-bond donors (Lipinski definition) is 1. The third-order valence-electron chi connectivity index (χ3n) is 1.39. The molecule has 9 heavy (non-hydrogen) atoms. The largest absolute Gasteiger partial charge is 0.228 e. The molecule has 1 N–H and O–H groups in total. The maximum atomic E-state index is 3.75. The number of hydrazone groups is 1. The molecule has 0 saturated heterocycles. The summed E-state index contributed by atoms with van der Waals surface area (Å²) in [5, 5.41) is 5.49.